The molecule has 1 heterocycles. The summed E-state index contributed by atoms with van der Waals surface area (Å²) in [5.41, 5.74) is 0.768. The van der Waals surface area contributed by atoms with Crippen molar-refractivity contribution in [3.8, 4) is 0 Å². The summed E-state index contributed by atoms with van der Waals surface area (Å²) in [6.45, 7) is 3.93. The lowest BCUT2D eigenvalue weighted by Gasteiger charge is -2.41. The zero-order valence-corrected chi connectivity index (χ0v) is 18.8. The molecule has 0 bridgehead atoms. The van der Waals surface area contributed by atoms with E-state index in [2.05, 4.69) is 6.92 Å². The Morgan fingerprint density at radius 3 is 1.87 bits per heavy atom. The van der Waals surface area contributed by atoms with Gasteiger partial charge in [-0.25, -0.2) is 8.78 Å². The Bertz CT molecular complexity index is 665. The first-order valence-corrected chi connectivity index (χ1v) is 12.3. The van der Waals surface area contributed by atoms with Gasteiger partial charge in [0.1, 0.15) is 16.7 Å². The minimum Gasteiger partial charge on any atom is -0.352 e. The van der Waals surface area contributed by atoms with Crippen LogP contribution in [0.3, 0.4) is 0 Å². The summed E-state index contributed by atoms with van der Waals surface area (Å²) < 4.78 is 39.8. The van der Waals surface area contributed by atoms with Crippen molar-refractivity contribution in [3.05, 3.63) is 34.4 Å². The first-order valence-electron chi connectivity index (χ1n) is 11.9. The van der Waals surface area contributed by atoms with Crippen LogP contribution in [-0.4, -0.2) is 19.5 Å². The van der Waals surface area contributed by atoms with Gasteiger partial charge in [0.2, 0.25) is 0 Å². The number of hydrogen-bond acceptors (Lipinski definition) is 2. The van der Waals surface area contributed by atoms with E-state index in [1.54, 1.807) is 0 Å². The molecule has 1 aliphatic heterocycles. The standard InChI is InChI=1S/C25H35ClF2O2/c1-2-3-16-14-29-25(30-15-16)20-10-8-18(9-11-20)17-4-6-19(7-5-17)21-12-22(27)24(26)23(28)13-21/h12-13,16-20,25H,2-11,14-15H2,1H3. The van der Waals surface area contributed by atoms with E-state index in [1.807, 2.05) is 0 Å². The molecular weight excluding hydrogens is 406 g/mol. The molecule has 3 fully saturated rings. The Labute approximate surface area is 184 Å². The molecule has 0 N–H and O–H groups in total. The van der Waals surface area contributed by atoms with Crippen molar-refractivity contribution in [2.45, 2.75) is 83.3 Å². The number of halogens is 3. The predicted molar refractivity (Wildman–Crippen MR) is 116 cm³/mol. The summed E-state index contributed by atoms with van der Waals surface area (Å²) in [6.07, 6.45) is 11.6. The third-order valence-corrected chi connectivity index (χ3v) is 8.17. The maximum atomic E-state index is 13.8. The summed E-state index contributed by atoms with van der Waals surface area (Å²) in [7, 11) is 0. The first-order chi connectivity index (χ1) is 14.5. The molecular formula is C25H35ClF2O2. The van der Waals surface area contributed by atoms with Crippen molar-refractivity contribution in [2.24, 2.45) is 23.7 Å². The molecule has 2 saturated carbocycles. The van der Waals surface area contributed by atoms with E-state index in [-0.39, 0.29) is 12.2 Å². The molecule has 1 aromatic carbocycles. The molecule has 30 heavy (non-hydrogen) atoms. The van der Waals surface area contributed by atoms with Gasteiger partial charge in [0.05, 0.1) is 13.2 Å². The average molecular weight is 441 g/mol. The van der Waals surface area contributed by atoms with Crippen molar-refractivity contribution < 1.29 is 18.3 Å². The Kier molecular flexibility index (Phi) is 7.70. The van der Waals surface area contributed by atoms with Crippen LogP contribution >= 0.6 is 11.6 Å². The fourth-order valence-electron chi connectivity index (χ4n) is 6.03. The van der Waals surface area contributed by atoms with Crippen molar-refractivity contribution >= 4 is 11.6 Å². The fraction of sp³-hybridized carbons (Fsp3) is 0.760. The van der Waals surface area contributed by atoms with Gasteiger partial charge >= 0.3 is 0 Å². The molecule has 4 rings (SSSR count). The molecule has 168 valence electrons. The van der Waals surface area contributed by atoms with E-state index in [0.717, 1.165) is 56.3 Å². The summed E-state index contributed by atoms with van der Waals surface area (Å²) in [5.74, 6) is 1.60. The van der Waals surface area contributed by atoms with Gasteiger partial charge in [-0.2, -0.15) is 0 Å². The molecule has 0 amide bonds. The number of ether oxygens (including phenoxy) is 2. The van der Waals surface area contributed by atoms with Crippen LogP contribution in [0.25, 0.3) is 0 Å². The van der Waals surface area contributed by atoms with Gasteiger partial charge < -0.3 is 9.47 Å². The highest BCUT2D eigenvalue weighted by Gasteiger charge is 2.36. The van der Waals surface area contributed by atoms with Crippen molar-refractivity contribution in [1.82, 2.24) is 0 Å². The van der Waals surface area contributed by atoms with Crippen molar-refractivity contribution in [2.75, 3.05) is 13.2 Å². The van der Waals surface area contributed by atoms with Crippen LogP contribution in [0.1, 0.15) is 82.6 Å². The topological polar surface area (TPSA) is 18.5 Å². The Morgan fingerprint density at radius 2 is 1.33 bits per heavy atom. The van der Waals surface area contributed by atoms with Crippen LogP contribution in [0.15, 0.2) is 12.1 Å². The van der Waals surface area contributed by atoms with Gasteiger partial charge in [0.15, 0.2) is 6.29 Å². The van der Waals surface area contributed by atoms with Gasteiger partial charge in [-0.05, 0) is 93.2 Å². The van der Waals surface area contributed by atoms with Gasteiger partial charge in [-0.3, -0.25) is 0 Å². The second-order valence-corrected chi connectivity index (χ2v) is 10.2. The minimum absolute atomic E-state index is 0.00416. The summed E-state index contributed by atoms with van der Waals surface area (Å²) in [4.78, 5) is 0. The second kappa shape index (κ2) is 10.3. The van der Waals surface area contributed by atoms with E-state index in [4.69, 9.17) is 21.1 Å². The Morgan fingerprint density at radius 1 is 0.833 bits per heavy atom. The smallest absolute Gasteiger partial charge is 0.160 e. The molecule has 0 spiro atoms. The second-order valence-electron chi connectivity index (χ2n) is 9.77. The van der Waals surface area contributed by atoms with Crippen LogP contribution in [0.5, 0.6) is 0 Å². The van der Waals surface area contributed by atoms with E-state index >= 15 is 0 Å². The largest absolute Gasteiger partial charge is 0.352 e. The molecule has 5 heteroatoms. The van der Waals surface area contributed by atoms with E-state index in [1.165, 1.54) is 50.7 Å². The molecule has 0 radical (unpaired) electrons. The fourth-order valence-corrected chi connectivity index (χ4v) is 6.14. The maximum absolute atomic E-state index is 13.8. The highest BCUT2D eigenvalue weighted by molar-refractivity contribution is 6.30. The molecule has 1 aromatic rings. The van der Waals surface area contributed by atoms with Crippen LogP contribution < -0.4 is 0 Å². The van der Waals surface area contributed by atoms with Gasteiger partial charge in [-0.1, -0.05) is 24.9 Å². The molecule has 0 aromatic heterocycles. The lowest BCUT2D eigenvalue weighted by Crippen LogP contribution is -2.39. The van der Waals surface area contributed by atoms with Crippen molar-refractivity contribution in [1.29, 1.82) is 0 Å². The zero-order valence-electron chi connectivity index (χ0n) is 18.1. The maximum Gasteiger partial charge on any atom is 0.160 e. The molecule has 2 nitrogen and oxygen atoms in total. The predicted octanol–water partition coefficient (Wildman–Crippen LogP) is 7.49. The van der Waals surface area contributed by atoms with Crippen LogP contribution in [0.4, 0.5) is 8.78 Å². The zero-order chi connectivity index (χ0) is 21.1. The first kappa shape index (κ1) is 22.5. The third kappa shape index (κ3) is 5.19. The SMILES string of the molecule is CCCC1COC(C2CCC(C3CCC(c4cc(F)c(Cl)c(F)c4)CC3)CC2)OC1. The average Bonchev–Trinajstić information content (AvgIpc) is 2.78. The van der Waals surface area contributed by atoms with Gasteiger partial charge in [-0.15, -0.1) is 0 Å². The number of hydrogen-bond donors (Lipinski definition) is 0. The number of rotatable bonds is 5. The molecule has 0 unspecified atom stereocenters. The van der Waals surface area contributed by atoms with Crippen molar-refractivity contribution in [3.63, 3.8) is 0 Å². The third-order valence-electron chi connectivity index (χ3n) is 7.81. The van der Waals surface area contributed by atoms with Crippen LogP contribution in [0, 0.1) is 35.3 Å². The van der Waals surface area contributed by atoms with E-state index in [9.17, 15) is 8.78 Å². The summed E-state index contributed by atoms with van der Waals surface area (Å²) in [5, 5.41) is -0.393. The monoisotopic (exact) mass is 440 g/mol. The summed E-state index contributed by atoms with van der Waals surface area (Å²) >= 11 is 5.63. The lowest BCUT2D eigenvalue weighted by molar-refractivity contribution is -0.230. The molecule has 1 saturated heterocycles. The summed E-state index contributed by atoms with van der Waals surface area (Å²) in [6, 6.07) is 2.85. The molecule has 3 aliphatic rings. The lowest BCUT2D eigenvalue weighted by atomic mass is 9.68. The number of benzene rings is 1. The normalized spacial score (nSPS) is 35.3. The van der Waals surface area contributed by atoms with Crippen LogP contribution in [0.2, 0.25) is 5.02 Å². The quantitative estimate of drug-likeness (QED) is 0.441. The van der Waals surface area contributed by atoms with E-state index < -0.39 is 16.7 Å². The Hall–Kier alpha value is -0.710. The van der Waals surface area contributed by atoms with E-state index in [0.29, 0.717) is 11.8 Å². The van der Waals surface area contributed by atoms with Crippen LogP contribution in [-0.2, 0) is 9.47 Å². The highest BCUT2D eigenvalue weighted by Crippen LogP contribution is 2.45. The molecule has 2 aliphatic carbocycles. The highest BCUT2D eigenvalue weighted by atomic mass is 35.5. The Balaban J connectivity index is 1.22. The van der Waals surface area contributed by atoms with Gasteiger partial charge in [0.25, 0.3) is 0 Å². The minimum atomic E-state index is -0.639. The van der Waals surface area contributed by atoms with Gasteiger partial charge in [0, 0.05) is 11.8 Å². The molecule has 0 atom stereocenters.